The Labute approximate surface area is 246 Å². The van der Waals surface area contributed by atoms with E-state index >= 15 is 0 Å². The monoisotopic (exact) mass is 612 g/mol. The van der Waals surface area contributed by atoms with E-state index in [1.54, 1.807) is 18.2 Å². The molecule has 1 saturated heterocycles. The molecule has 0 radical (unpaired) electrons. The van der Waals surface area contributed by atoms with Crippen LogP contribution < -0.4 is 19.2 Å². The van der Waals surface area contributed by atoms with Crippen molar-refractivity contribution in [2.24, 2.45) is 5.92 Å². The van der Waals surface area contributed by atoms with Crippen LogP contribution in [-0.4, -0.2) is 29.2 Å². The standard InChI is InChI=1S/C30H23F3N2O5S2/c1-15-7-9-16(10-8-15)14-40-20-12-11-17(13-21(20)39-2)22-23-25(41-26-24(22)42-29(38)34-26)28(37)35(27(23)36)19-6-4-3-5-18(19)30(31,32)33/h3-13,22-23,25H,14H2,1-2H3,(H,34,38)/t22-,23?,25?/m1/s1. The van der Waals surface area contributed by atoms with Gasteiger partial charge in [0.15, 0.2) is 11.5 Å². The molecule has 42 heavy (non-hydrogen) atoms. The summed E-state index contributed by atoms with van der Waals surface area (Å²) < 4.78 is 53.2. The number of fused-ring (bicyclic) bond motifs is 2. The highest BCUT2D eigenvalue weighted by atomic mass is 32.2. The van der Waals surface area contributed by atoms with E-state index in [0.29, 0.717) is 31.9 Å². The fourth-order valence-corrected chi connectivity index (χ4v) is 7.88. The number of halogens is 3. The Morgan fingerprint density at radius 2 is 1.69 bits per heavy atom. The number of hydrogen-bond donors (Lipinski definition) is 1. The largest absolute Gasteiger partial charge is 0.493 e. The van der Waals surface area contributed by atoms with Gasteiger partial charge in [-0.25, -0.2) is 4.90 Å². The summed E-state index contributed by atoms with van der Waals surface area (Å²) in [4.78, 5) is 43.5. The van der Waals surface area contributed by atoms with Crippen LogP contribution in [0.5, 0.6) is 11.5 Å². The number of carbonyl (C=O) groups is 2. The molecule has 1 N–H and O–H groups in total. The maximum Gasteiger partial charge on any atom is 0.418 e. The summed E-state index contributed by atoms with van der Waals surface area (Å²) in [5.74, 6) is -2.54. The van der Waals surface area contributed by atoms with Gasteiger partial charge in [-0.2, -0.15) is 13.2 Å². The number of para-hydroxylation sites is 1. The third kappa shape index (κ3) is 4.88. The second-order valence-electron chi connectivity index (χ2n) is 9.96. The summed E-state index contributed by atoms with van der Waals surface area (Å²) in [5, 5.41) is -0.619. The van der Waals surface area contributed by atoms with Gasteiger partial charge in [-0.15, -0.1) is 0 Å². The van der Waals surface area contributed by atoms with Crippen LogP contribution >= 0.6 is 23.1 Å². The minimum atomic E-state index is -4.77. The van der Waals surface area contributed by atoms with Crippen molar-refractivity contribution in [3.8, 4) is 11.5 Å². The van der Waals surface area contributed by atoms with Crippen LogP contribution in [0.15, 0.2) is 76.6 Å². The molecule has 2 aliphatic heterocycles. The number of aryl methyl sites for hydroxylation is 1. The number of thiazole rings is 1. The Morgan fingerprint density at radius 1 is 0.952 bits per heavy atom. The number of imide groups is 1. The molecule has 4 aromatic rings. The number of carbonyl (C=O) groups excluding carboxylic acids is 2. The summed E-state index contributed by atoms with van der Waals surface area (Å²) in [5.41, 5.74) is 1.05. The number of nitrogens with one attached hydrogen (secondary N) is 1. The van der Waals surface area contributed by atoms with E-state index in [0.717, 1.165) is 46.4 Å². The van der Waals surface area contributed by atoms with Gasteiger partial charge in [0.1, 0.15) is 11.9 Å². The molecular formula is C30H23F3N2O5S2. The van der Waals surface area contributed by atoms with E-state index in [4.69, 9.17) is 9.47 Å². The molecule has 0 saturated carbocycles. The molecule has 0 bridgehead atoms. The summed E-state index contributed by atoms with van der Waals surface area (Å²) in [6, 6.07) is 17.5. The van der Waals surface area contributed by atoms with Gasteiger partial charge >= 0.3 is 11.0 Å². The van der Waals surface area contributed by atoms with Crippen molar-refractivity contribution in [2.75, 3.05) is 12.0 Å². The van der Waals surface area contributed by atoms with Crippen LogP contribution in [0.2, 0.25) is 0 Å². The van der Waals surface area contributed by atoms with E-state index in [1.165, 1.54) is 19.2 Å². The van der Waals surface area contributed by atoms with Crippen molar-refractivity contribution >= 4 is 40.6 Å². The number of rotatable bonds is 6. The molecular weight excluding hydrogens is 589 g/mol. The van der Waals surface area contributed by atoms with Crippen molar-refractivity contribution < 1.29 is 32.2 Å². The zero-order valence-electron chi connectivity index (χ0n) is 22.2. The highest BCUT2D eigenvalue weighted by molar-refractivity contribution is 8.00. The smallest absolute Gasteiger partial charge is 0.418 e. The summed E-state index contributed by atoms with van der Waals surface area (Å²) in [7, 11) is 1.47. The zero-order chi connectivity index (χ0) is 29.8. The van der Waals surface area contributed by atoms with Gasteiger partial charge in [-0.3, -0.25) is 14.4 Å². The Balaban J connectivity index is 1.39. The van der Waals surface area contributed by atoms with Crippen molar-refractivity contribution in [3.05, 3.63) is 104 Å². The molecule has 2 aliphatic rings. The first-order valence-electron chi connectivity index (χ1n) is 12.9. The number of methoxy groups -OCH3 is 1. The molecule has 3 heterocycles. The molecule has 7 nitrogen and oxygen atoms in total. The fraction of sp³-hybridized carbons (Fsp3) is 0.233. The van der Waals surface area contributed by atoms with Crippen LogP contribution in [0, 0.1) is 12.8 Å². The number of anilines is 1. The summed E-state index contributed by atoms with van der Waals surface area (Å²) in [6.45, 7) is 2.27. The Bertz CT molecular complexity index is 1750. The molecule has 2 unspecified atom stereocenters. The fourth-order valence-electron chi connectivity index (χ4n) is 5.36. The number of aromatic amines is 1. The summed E-state index contributed by atoms with van der Waals surface area (Å²) in [6.07, 6.45) is -4.77. The quantitative estimate of drug-likeness (QED) is 0.263. The van der Waals surface area contributed by atoms with Crippen LogP contribution in [0.3, 0.4) is 0 Å². The Kier molecular flexibility index (Phi) is 7.14. The van der Waals surface area contributed by atoms with Crippen LogP contribution in [0.4, 0.5) is 18.9 Å². The van der Waals surface area contributed by atoms with Crippen molar-refractivity contribution in [3.63, 3.8) is 0 Å². The highest BCUT2D eigenvalue weighted by Crippen LogP contribution is 2.54. The zero-order valence-corrected chi connectivity index (χ0v) is 23.9. The average molecular weight is 613 g/mol. The predicted molar refractivity (Wildman–Crippen MR) is 152 cm³/mol. The van der Waals surface area contributed by atoms with Gasteiger partial charge in [-0.1, -0.05) is 71.1 Å². The first-order valence-corrected chi connectivity index (χ1v) is 14.6. The molecule has 12 heteroatoms. The lowest BCUT2D eigenvalue weighted by Crippen LogP contribution is -2.33. The number of aromatic nitrogens is 1. The predicted octanol–water partition coefficient (Wildman–Crippen LogP) is 6.15. The molecule has 0 aliphatic carbocycles. The van der Waals surface area contributed by atoms with E-state index in [1.807, 2.05) is 31.2 Å². The van der Waals surface area contributed by atoms with Gasteiger partial charge in [-0.05, 0) is 42.3 Å². The van der Waals surface area contributed by atoms with Crippen molar-refractivity contribution in [1.82, 2.24) is 4.98 Å². The molecule has 1 aromatic heterocycles. The Morgan fingerprint density at radius 3 is 2.40 bits per heavy atom. The van der Waals surface area contributed by atoms with Crippen LogP contribution in [0.1, 0.15) is 33.0 Å². The number of H-pyrrole nitrogens is 1. The number of thioether (sulfide) groups is 1. The second-order valence-corrected chi connectivity index (χ2v) is 12.1. The SMILES string of the molecule is COc1cc([C@H]2c3sc(=O)[nH]c3SC3C(=O)N(c4ccccc4C(F)(F)F)C(=O)C32)ccc1OCc1ccc(C)cc1. The van der Waals surface area contributed by atoms with Gasteiger partial charge in [0, 0.05) is 10.8 Å². The number of amides is 2. The third-order valence-corrected chi connectivity index (χ3v) is 9.74. The Hall–Kier alpha value is -4.03. The lowest BCUT2D eigenvalue weighted by Gasteiger charge is -2.30. The number of benzene rings is 3. The molecule has 6 rings (SSSR count). The topological polar surface area (TPSA) is 88.7 Å². The van der Waals surface area contributed by atoms with Gasteiger partial charge < -0.3 is 14.5 Å². The van der Waals surface area contributed by atoms with E-state index in [9.17, 15) is 27.6 Å². The first kappa shape index (κ1) is 28.1. The maximum atomic E-state index is 13.9. The van der Waals surface area contributed by atoms with Crippen LogP contribution in [0.25, 0.3) is 0 Å². The van der Waals surface area contributed by atoms with Gasteiger partial charge in [0.2, 0.25) is 11.8 Å². The van der Waals surface area contributed by atoms with E-state index < -0.39 is 46.3 Å². The lowest BCUT2D eigenvalue weighted by atomic mass is 9.83. The molecule has 3 atom stereocenters. The normalized spacial score (nSPS) is 19.9. The van der Waals surface area contributed by atoms with Gasteiger partial charge in [0.05, 0.1) is 29.3 Å². The van der Waals surface area contributed by atoms with Crippen molar-refractivity contribution in [2.45, 2.75) is 35.9 Å². The first-order chi connectivity index (χ1) is 20.1. The molecule has 216 valence electrons. The number of alkyl halides is 3. The lowest BCUT2D eigenvalue weighted by molar-refractivity contribution is -0.137. The molecule has 3 aromatic carbocycles. The van der Waals surface area contributed by atoms with E-state index in [2.05, 4.69) is 4.98 Å². The molecule has 2 amide bonds. The number of nitrogens with zero attached hydrogens (tertiary/aromatic N) is 1. The minimum Gasteiger partial charge on any atom is -0.493 e. The minimum absolute atomic E-state index is 0.283. The summed E-state index contributed by atoms with van der Waals surface area (Å²) >= 11 is 1.91. The number of hydrogen-bond acceptors (Lipinski definition) is 7. The molecule has 1 fully saturated rings. The maximum absolute atomic E-state index is 13.9. The van der Waals surface area contributed by atoms with E-state index in [-0.39, 0.29) is 11.5 Å². The second kappa shape index (κ2) is 10.7. The third-order valence-electron chi connectivity index (χ3n) is 7.34. The van der Waals surface area contributed by atoms with Gasteiger partial charge in [0.25, 0.3) is 0 Å². The number of ether oxygens (including phenoxy) is 2. The molecule has 0 spiro atoms. The van der Waals surface area contributed by atoms with Crippen LogP contribution in [-0.2, 0) is 22.4 Å². The highest BCUT2D eigenvalue weighted by Gasteiger charge is 2.57. The van der Waals surface area contributed by atoms with Crippen molar-refractivity contribution in [1.29, 1.82) is 0 Å². The average Bonchev–Trinajstić information content (AvgIpc) is 3.46.